The molecule has 0 saturated heterocycles. The molecule has 1 aromatic rings. The van der Waals surface area contributed by atoms with Gasteiger partial charge in [-0.25, -0.2) is 9.18 Å². The summed E-state index contributed by atoms with van der Waals surface area (Å²) in [6, 6.07) is 3.21. The number of rotatable bonds is 6. The molecule has 0 aliphatic carbocycles. The lowest BCUT2D eigenvalue weighted by Crippen LogP contribution is -2.41. The molecule has 0 aliphatic heterocycles. The summed E-state index contributed by atoms with van der Waals surface area (Å²) in [7, 11) is 1.45. The van der Waals surface area contributed by atoms with E-state index in [1.165, 1.54) is 19.2 Å². The summed E-state index contributed by atoms with van der Waals surface area (Å²) in [6.07, 6.45) is -0.793. The Kier molecular flexibility index (Phi) is 6.70. The highest BCUT2D eigenvalue weighted by atomic mass is 35.5. The Balaban J connectivity index is 2.53. The second kappa shape index (κ2) is 8.04. The van der Waals surface area contributed by atoms with Crippen molar-refractivity contribution in [3.05, 3.63) is 34.6 Å². The smallest absolute Gasteiger partial charge is 0.315 e. The maximum absolute atomic E-state index is 13.7. The average Bonchev–Trinajstić information content (AvgIpc) is 2.36. The summed E-state index contributed by atoms with van der Waals surface area (Å²) in [5.74, 6) is -0.482. The normalized spacial score (nSPS) is 13.7. The van der Waals surface area contributed by atoms with Crippen molar-refractivity contribution in [3.63, 3.8) is 0 Å². The Bertz CT molecular complexity index is 439. The van der Waals surface area contributed by atoms with Gasteiger partial charge in [0.2, 0.25) is 0 Å². The molecule has 0 saturated carbocycles. The number of carbonyl (C=O) groups is 1. The van der Waals surface area contributed by atoms with Crippen molar-refractivity contribution in [2.24, 2.45) is 0 Å². The van der Waals surface area contributed by atoms with Crippen molar-refractivity contribution >= 4 is 17.6 Å². The maximum Gasteiger partial charge on any atom is 0.315 e. The minimum atomic E-state index is -0.793. The molecule has 0 bridgehead atoms. The molecule has 3 N–H and O–H groups in total. The van der Waals surface area contributed by atoms with Crippen LogP contribution in [-0.2, 0) is 4.74 Å². The van der Waals surface area contributed by atoms with Crippen LogP contribution in [0.15, 0.2) is 18.2 Å². The highest BCUT2D eigenvalue weighted by molar-refractivity contribution is 6.31. The van der Waals surface area contributed by atoms with Crippen LogP contribution in [0.2, 0.25) is 5.02 Å². The number of hydrogen-bond donors (Lipinski definition) is 3. The van der Waals surface area contributed by atoms with Crippen molar-refractivity contribution in [2.75, 3.05) is 20.3 Å². The summed E-state index contributed by atoms with van der Waals surface area (Å²) >= 11 is 5.91. The summed E-state index contributed by atoms with van der Waals surface area (Å²) in [6.45, 7) is 1.78. The molecule has 1 rings (SSSR count). The van der Waals surface area contributed by atoms with Gasteiger partial charge in [0, 0.05) is 24.2 Å². The number of hydrogen-bond acceptors (Lipinski definition) is 3. The number of amides is 2. The van der Waals surface area contributed by atoms with E-state index in [0.717, 1.165) is 0 Å². The van der Waals surface area contributed by atoms with Crippen molar-refractivity contribution in [3.8, 4) is 0 Å². The summed E-state index contributed by atoms with van der Waals surface area (Å²) in [5.41, 5.74) is 0.224. The molecule has 1 aromatic carbocycles. The third kappa shape index (κ3) is 4.96. The topological polar surface area (TPSA) is 70.6 Å². The molecule has 0 aliphatic rings. The Morgan fingerprint density at radius 2 is 2.25 bits per heavy atom. The number of aliphatic hydroxyl groups excluding tert-OH is 1. The monoisotopic (exact) mass is 304 g/mol. The molecule has 0 fully saturated rings. The Morgan fingerprint density at radius 1 is 1.55 bits per heavy atom. The molecule has 0 radical (unpaired) electrons. The summed E-state index contributed by atoms with van der Waals surface area (Å²) < 4.78 is 18.4. The van der Waals surface area contributed by atoms with Crippen LogP contribution in [0.4, 0.5) is 9.18 Å². The van der Waals surface area contributed by atoms with Crippen LogP contribution in [0.3, 0.4) is 0 Å². The molecule has 2 atom stereocenters. The van der Waals surface area contributed by atoms with E-state index in [4.69, 9.17) is 16.3 Å². The van der Waals surface area contributed by atoms with Gasteiger partial charge in [0.15, 0.2) is 0 Å². The number of urea groups is 1. The van der Waals surface area contributed by atoms with Crippen LogP contribution in [0, 0.1) is 5.82 Å². The van der Waals surface area contributed by atoms with Gasteiger partial charge in [-0.3, -0.25) is 0 Å². The number of halogens is 2. The molecule has 0 spiro atoms. The number of aliphatic hydroxyl groups is 1. The Labute approximate surface area is 122 Å². The predicted octanol–water partition coefficient (Wildman–Crippen LogP) is 1.85. The first-order valence-electron chi connectivity index (χ1n) is 6.11. The third-order valence-corrected chi connectivity index (χ3v) is 2.97. The molecular weight excluding hydrogens is 287 g/mol. The van der Waals surface area contributed by atoms with Crippen molar-refractivity contribution in [1.82, 2.24) is 10.6 Å². The van der Waals surface area contributed by atoms with Gasteiger partial charge in [-0.05, 0) is 19.1 Å². The van der Waals surface area contributed by atoms with Crippen molar-refractivity contribution < 1.29 is 19.0 Å². The molecule has 20 heavy (non-hydrogen) atoms. The van der Waals surface area contributed by atoms with Crippen LogP contribution in [0.25, 0.3) is 0 Å². The first-order chi connectivity index (χ1) is 9.45. The van der Waals surface area contributed by atoms with Gasteiger partial charge in [0.1, 0.15) is 5.82 Å². The van der Waals surface area contributed by atoms with E-state index in [-0.39, 0.29) is 23.7 Å². The third-order valence-electron chi connectivity index (χ3n) is 2.64. The SMILES string of the molecule is COCC(O)CNC(=O)NC(C)c1c(F)cccc1Cl. The minimum absolute atomic E-state index is 0.0391. The van der Waals surface area contributed by atoms with E-state index in [1.54, 1.807) is 13.0 Å². The van der Waals surface area contributed by atoms with E-state index in [2.05, 4.69) is 10.6 Å². The van der Waals surface area contributed by atoms with Gasteiger partial charge in [-0.15, -0.1) is 0 Å². The minimum Gasteiger partial charge on any atom is -0.389 e. The second-order valence-corrected chi connectivity index (χ2v) is 4.73. The fraction of sp³-hybridized carbons (Fsp3) is 0.462. The summed E-state index contributed by atoms with van der Waals surface area (Å²) in [5, 5.41) is 14.6. The molecular formula is C13H18ClFN2O3. The zero-order valence-corrected chi connectivity index (χ0v) is 12.1. The van der Waals surface area contributed by atoms with Crippen molar-refractivity contribution in [2.45, 2.75) is 19.1 Å². The van der Waals surface area contributed by atoms with Gasteiger partial charge >= 0.3 is 6.03 Å². The molecule has 0 heterocycles. The Morgan fingerprint density at radius 3 is 2.85 bits per heavy atom. The fourth-order valence-electron chi connectivity index (χ4n) is 1.71. The highest BCUT2D eigenvalue weighted by Gasteiger charge is 2.17. The van der Waals surface area contributed by atoms with Crippen LogP contribution in [-0.4, -0.2) is 37.5 Å². The quantitative estimate of drug-likeness (QED) is 0.751. The number of benzene rings is 1. The summed E-state index contributed by atoms with van der Waals surface area (Å²) in [4.78, 5) is 11.6. The van der Waals surface area contributed by atoms with Gasteiger partial charge in [-0.2, -0.15) is 0 Å². The molecule has 2 unspecified atom stereocenters. The first-order valence-corrected chi connectivity index (χ1v) is 6.48. The molecule has 112 valence electrons. The number of methoxy groups -OCH3 is 1. The largest absolute Gasteiger partial charge is 0.389 e. The lowest BCUT2D eigenvalue weighted by atomic mass is 10.1. The van der Waals surface area contributed by atoms with Crippen LogP contribution < -0.4 is 10.6 Å². The Hall–Kier alpha value is -1.37. The van der Waals surface area contributed by atoms with E-state index in [0.29, 0.717) is 0 Å². The maximum atomic E-state index is 13.7. The zero-order chi connectivity index (χ0) is 15.1. The van der Waals surface area contributed by atoms with E-state index >= 15 is 0 Å². The lowest BCUT2D eigenvalue weighted by molar-refractivity contribution is 0.0659. The zero-order valence-electron chi connectivity index (χ0n) is 11.3. The van der Waals surface area contributed by atoms with E-state index < -0.39 is 24.0 Å². The van der Waals surface area contributed by atoms with E-state index in [9.17, 15) is 14.3 Å². The van der Waals surface area contributed by atoms with Crippen molar-refractivity contribution in [1.29, 1.82) is 0 Å². The van der Waals surface area contributed by atoms with Gasteiger partial charge < -0.3 is 20.5 Å². The second-order valence-electron chi connectivity index (χ2n) is 4.32. The van der Waals surface area contributed by atoms with Crippen LogP contribution >= 0.6 is 11.6 Å². The molecule has 7 heteroatoms. The van der Waals surface area contributed by atoms with Gasteiger partial charge in [0.25, 0.3) is 0 Å². The van der Waals surface area contributed by atoms with Crippen LogP contribution in [0.1, 0.15) is 18.5 Å². The standard InChI is InChI=1S/C13H18ClFN2O3/c1-8(12-10(14)4-3-5-11(12)15)17-13(19)16-6-9(18)7-20-2/h3-5,8-9,18H,6-7H2,1-2H3,(H2,16,17,19). The number of nitrogens with one attached hydrogen (secondary N) is 2. The average molecular weight is 305 g/mol. The molecule has 5 nitrogen and oxygen atoms in total. The lowest BCUT2D eigenvalue weighted by Gasteiger charge is -2.18. The van der Waals surface area contributed by atoms with Gasteiger partial charge in [-0.1, -0.05) is 17.7 Å². The fourth-order valence-corrected chi connectivity index (χ4v) is 2.03. The highest BCUT2D eigenvalue weighted by Crippen LogP contribution is 2.25. The van der Waals surface area contributed by atoms with Gasteiger partial charge in [0.05, 0.1) is 18.8 Å². The van der Waals surface area contributed by atoms with E-state index in [1.807, 2.05) is 0 Å². The predicted molar refractivity (Wildman–Crippen MR) is 74.2 cm³/mol. The number of carbonyl (C=O) groups excluding carboxylic acids is 1. The number of ether oxygens (including phenoxy) is 1. The molecule has 2 amide bonds. The first kappa shape index (κ1) is 16.7. The molecule has 0 aromatic heterocycles. The van der Waals surface area contributed by atoms with Crippen LogP contribution in [0.5, 0.6) is 0 Å².